The monoisotopic (exact) mass is 435 g/mol. The molecule has 0 spiro atoms. The van der Waals surface area contributed by atoms with E-state index >= 15 is 0 Å². The topological polar surface area (TPSA) is 61.8 Å². The molecule has 0 amide bonds. The van der Waals surface area contributed by atoms with Crippen LogP contribution in [0.3, 0.4) is 0 Å². The first-order valence-electron chi connectivity index (χ1n) is 10.5. The van der Waals surface area contributed by atoms with Gasteiger partial charge in [-0.3, -0.25) is 9.89 Å². The van der Waals surface area contributed by atoms with E-state index in [1.54, 1.807) is 11.3 Å². The molecule has 1 unspecified atom stereocenters. The van der Waals surface area contributed by atoms with Crippen LogP contribution in [-0.4, -0.2) is 61.8 Å². The quantitative estimate of drug-likeness (QED) is 0.340. The highest BCUT2D eigenvalue weighted by Gasteiger charge is 2.23. The van der Waals surface area contributed by atoms with Gasteiger partial charge in [0.25, 0.3) is 0 Å². The summed E-state index contributed by atoms with van der Waals surface area (Å²) in [6.07, 6.45) is 3.32. The van der Waals surface area contributed by atoms with E-state index in [4.69, 9.17) is 9.73 Å². The molecule has 0 aromatic carbocycles. The molecule has 2 aromatic heterocycles. The SMILES string of the molecule is CCNC(=NCC(c1cccs1)N1CCOCC1)NCCCCc1nc(C)cs1. The summed E-state index contributed by atoms with van der Waals surface area (Å²) >= 11 is 3.58. The summed E-state index contributed by atoms with van der Waals surface area (Å²) in [7, 11) is 0. The number of nitrogens with zero attached hydrogens (tertiary/aromatic N) is 3. The van der Waals surface area contributed by atoms with Crippen LogP contribution in [0.5, 0.6) is 0 Å². The van der Waals surface area contributed by atoms with E-state index in [2.05, 4.69) is 57.3 Å². The summed E-state index contributed by atoms with van der Waals surface area (Å²) in [4.78, 5) is 13.3. The van der Waals surface area contributed by atoms with E-state index < -0.39 is 0 Å². The average Bonchev–Trinajstić information content (AvgIpc) is 3.41. The van der Waals surface area contributed by atoms with Gasteiger partial charge in [0.15, 0.2) is 5.96 Å². The Morgan fingerprint density at radius 3 is 2.83 bits per heavy atom. The van der Waals surface area contributed by atoms with Gasteiger partial charge >= 0.3 is 0 Å². The molecule has 8 heteroatoms. The minimum atomic E-state index is 0.322. The predicted octanol–water partition coefficient (Wildman–Crippen LogP) is 3.46. The number of morpholine rings is 1. The summed E-state index contributed by atoms with van der Waals surface area (Å²) in [6, 6.07) is 4.67. The normalized spacial score (nSPS) is 16.7. The maximum absolute atomic E-state index is 5.54. The second-order valence-electron chi connectivity index (χ2n) is 7.17. The lowest BCUT2D eigenvalue weighted by Gasteiger charge is -2.33. The Balaban J connectivity index is 1.49. The number of aromatic nitrogens is 1. The lowest BCUT2D eigenvalue weighted by Crippen LogP contribution is -2.41. The Hall–Kier alpha value is -1.48. The van der Waals surface area contributed by atoms with E-state index in [0.29, 0.717) is 6.04 Å². The smallest absolute Gasteiger partial charge is 0.191 e. The fourth-order valence-electron chi connectivity index (χ4n) is 3.40. The summed E-state index contributed by atoms with van der Waals surface area (Å²) in [5.74, 6) is 0.910. The van der Waals surface area contributed by atoms with Crippen LogP contribution >= 0.6 is 22.7 Å². The first-order valence-corrected chi connectivity index (χ1v) is 12.3. The summed E-state index contributed by atoms with van der Waals surface area (Å²) in [5.41, 5.74) is 1.13. The number of hydrogen-bond acceptors (Lipinski definition) is 6. The zero-order valence-electron chi connectivity index (χ0n) is 17.5. The standard InChI is InChI=1S/C21H33N5OS2/c1-3-22-21(23-9-5-4-8-20-25-17(2)16-29-20)24-15-18(19-7-6-14-28-19)26-10-12-27-13-11-26/h6-7,14,16,18H,3-5,8-13,15H2,1-2H3,(H2,22,23,24). The van der Waals surface area contributed by atoms with Gasteiger partial charge in [0, 0.05) is 42.1 Å². The first-order chi connectivity index (χ1) is 14.3. The Morgan fingerprint density at radius 2 is 2.14 bits per heavy atom. The van der Waals surface area contributed by atoms with Crippen LogP contribution in [0.25, 0.3) is 0 Å². The van der Waals surface area contributed by atoms with E-state index in [9.17, 15) is 0 Å². The van der Waals surface area contributed by atoms with Crippen molar-refractivity contribution in [2.45, 2.75) is 39.2 Å². The third-order valence-corrected chi connectivity index (χ3v) is 6.90. The molecular weight excluding hydrogens is 402 g/mol. The van der Waals surface area contributed by atoms with E-state index in [0.717, 1.165) is 76.9 Å². The van der Waals surface area contributed by atoms with E-state index in [1.807, 2.05) is 11.3 Å². The lowest BCUT2D eigenvalue weighted by molar-refractivity contribution is 0.0186. The largest absolute Gasteiger partial charge is 0.379 e. The average molecular weight is 436 g/mol. The lowest BCUT2D eigenvalue weighted by atomic mass is 10.2. The van der Waals surface area contributed by atoms with Crippen LogP contribution in [0, 0.1) is 6.92 Å². The number of hydrogen-bond donors (Lipinski definition) is 2. The van der Waals surface area contributed by atoms with E-state index in [1.165, 1.54) is 9.88 Å². The molecule has 1 saturated heterocycles. The molecule has 160 valence electrons. The summed E-state index contributed by atoms with van der Waals surface area (Å²) in [5, 5.41) is 12.4. The zero-order valence-corrected chi connectivity index (χ0v) is 19.2. The van der Waals surface area contributed by atoms with Crippen LogP contribution in [0.15, 0.2) is 27.9 Å². The number of nitrogens with one attached hydrogen (secondary N) is 2. The van der Waals surface area contributed by atoms with Crippen molar-refractivity contribution in [3.63, 3.8) is 0 Å². The van der Waals surface area contributed by atoms with Gasteiger partial charge < -0.3 is 15.4 Å². The Bertz CT molecular complexity index is 725. The minimum absolute atomic E-state index is 0.322. The molecule has 29 heavy (non-hydrogen) atoms. The van der Waals surface area contributed by atoms with Gasteiger partial charge in [-0.05, 0) is 44.6 Å². The number of rotatable bonds is 10. The number of ether oxygens (including phenoxy) is 1. The Kier molecular flexibility index (Phi) is 9.40. The summed E-state index contributed by atoms with van der Waals surface area (Å²) < 4.78 is 5.54. The Labute approximate surface area is 182 Å². The zero-order chi connectivity index (χ0) is 20.3. The first kappa shape index (κ1) is 22.2. The fourth-order valence-corrected chi connectivity index (χ4v) is 5.07. The highest BCUT2D eigenvalue weighted by atomic mass is 32.1. The molecule has 1 atom stereocenters. The van der Waals surface area contributed by atoms with Gasteiger partial charge in [-0.15, -0.1) is 22.7 Å². The highest BCUT2D eigenvalue weighted by molar-refractivity contribution is 7.10. The predicted molar refractivity (Wildman–Crippen MR) is 123 cm³/mol. The van der Waals surface area contributed by atoms with Crippen LogP contribution in [0.1, 0.15) is 41.4 Å². The number of aryl methyl sites for hydroxylation is 2. The van der Waals surface area contributed by atoms with Crippen molar-refractivity contribution in [1.29, 1.82) is 0 Å². The molecule has 1 fully saturated rings. The van der Waals surface area contributed by atoms with Crippen molar-refractivity contribution in [3.05, 3.63) is 38.5 Å². The van der Waals surface area contributed by atoms with Crippen molar-refractivity contribution < 1.29 is 4.74 Å². The van der Waals surface area contributed by atoms with E-state index in [-0.39, 0.29) is 0 Å². The molecule has 2 aromatic rings. The number of thiophene rings is 1. The summed E-state index contributed by atoms with van der Waals surface area (Å²) in [6.45, 7) is 10.3. The molecule has 0 bridgehead atoms. The van der Waals surface area contributed by atoms with Crippen LogP contribution in [0.4, 0.5) is 0 Å². The molecule has 0 radical (unpaired) electrons. The number of aliphatic imine (C=N–C) groups is 1. The van der Waals surface area contributed by atoms with Gasteiger partial charge in [0.05, 0.1) is 30.8 Å². The van der Waals surface area contributed by atoms with Crippen LogP contribution in [0.2, 0.25) is 0 Å². The minimum Gasteiger partial charge on any atom is -0.379 e. The van der Waals surface area contributed by atoms with Gasteiger partial charge in [0.1, 0.15) is 0 Å². The second kappa shape index (κ2) is 12.3. The van der Waals surface area contributed by atoms with Gasteiger partial charge in [0.2, 0.25) is 0 Å². The molecule has 6 nitrogen and oxygen atoms in total. The van der Waals surface area contributed by atoms with Crippen molar-refractivity contribution in [2.24, 2.45) is 4.99 Å². The van der Waals surface area contributed by atoms with Gasteiger partial charge in [-0.2, -0.15) is 0 Å². The van der Waals surface area contributed by atoms with Crippen LogP contribution in [-0.2, 0) is 11.2 Å². The molecule has 3 heterocycles. The molecule has 1 aliphatic heterocycles. The number of thiazole rings is 1. The van der Waals surface area contributed by atoms with Crippen molar-refractivity contribution in [3.8, 4) is 0 Å². The van der Waals surface area contributed by atoms with Crippen molar-refractivity contribution in [1.82, 2.24) is 20.5 Å². The molecule has 1 aliphatic rings. The Morgan fingerprint density at radius 1 is 1.28 bits per heavy atom. The number of guanidine groups is 1. The fraction of sp³-hybridized carbons (Fsp3) is 0.619. The second-order valence-corrected chi connectivity index (χ2v) is 9.09. The molecular formula is C21H33N5OS2. The van der Waals surface area contributed by atoms with Gasteiger partial charge in [-0.1, -0.05) is 6.07 Å². The highest BCUT2D eigenvalue weighted by Crippen LogP contribution is 2.26. The third-order valence-electron chi connectivity index (χ3n) is 4.90. The third kappa shape index (κ3) is 7.37. The molecule has 2 N–H and O–H groups in total. The van der Waals surface area contributed by atoms with Crippen LogP contribution < -0.4 is 10.6 Å². The maximum Gasteiger partial charge on any atom is 0.191 e. The molecule has 0 aliphatic carbocycles. The maximum atomic E-state index is 5.54. The van der Waals surface area contributed by atoms with Crippen molar-refractivity contribution >= 4 is 28.6 Å². The van der Waals surface area contributed by atoms with Gasteiger partial charge in [-0.25, -0.2) is 4.98 Å². The molecule has 3 rings (SSSR count). The number of unbranched alkanes of at least 4 members (excludes halogenated alkanes) is 1. The molecule has 0 saturated carbocycles. The van der Waals surface area contributed by atoms with Crippen molar-refractivity contribution in [2.75, 3.05) is 45.9 Å².